The molecule has 0 radical (unpaired) electrons. The molecule has 4 heteroatoms. The first kappa shape index (κ1) is 14.1. The van der Waals surface area contributed by atoms with Crippen molar-refractivity contribution in [3.05, 3.63) is 35.4 Å². The number of halogens is 2. The predicted octanol–water partition coefficient (Wildman–Crippen LogP) is 3.45. The second kappa shape index (κ2) is 5.78. The molecule has 0 aromatic heterocycles. The Kier molecular flexibility index (Phi) is 4.30. The third-order valence-corrected chi connectivity index (χ3v) is 4.06. The number of benzene rings is 1. The van der Waals surface area contributed by atoms with Crippen LogP contribution in [0.1, 0.15) is 48.9 Å². The molecule has 0 heterocycles. The predicted molar refractivity (Wildman–Crippen MR) is 69.9 cm³/mol. The van der Waals surface area contributed by atoms with E-state index in [1.807, 2.05) is 0 Å². The lowest BCUT2D eigenvalue weighted by Crippen LogP contribution is -2.38. The third-order valence-electron chi connectivity index (χ3n) is 4.06. The molecule has 1 aromatic carbocycles. The Morgan fingerprint density at radius 3 is 2.05 bits per heavy atom. The van der Waals surface area contributed by atoms with Gasteiger partial charge in [0, 0.05) is 23.6 Å². The molecule has 2 N–H and O–H groups in total. The van der Waals surface area contributed by atoms with Gasteiger partial charge < -0.3 is 5.73 Å². The van der Waals surface area contributed by atoms with Gasteiger partial charge in [0.1, 0.15) is 11.6 Å². The first-order chi connectivity index (χ1) is 9.07. The van der Waals surface area contributed by atoms with Gasteiger partial charge in [-0.3, -0.25) is 4.79 Å². The third kappa shape index (κ3) is 3.00. The van der Waals surface area contributed by atoms with Gasteiger partial charge in [0.15, 0.2) is 5.78 Å². The van der Waals surface area contributed by atoms with Crippen LogP contribution in [0.2, 0.25) is 0 Å². The van der Waals surface area contributed by atoms with Crippen molar-refractivity contribution in [2.24, 2.45) is 11.1 Å². The van der Waals surface area contributed by atoms with Crippen LogP contribution in [0.3, 0.4) is 0 Å². The van der Waals surface area contributed by atoms with Crippen LogP contribution in [0.5, 0.6) is 0 Å². The molecular weight excluding hydrogens is 248 g/mol. The summed E-state index contributed by atoms with van der Waals surface area (Å²) in [5, 5.41) is 0. The van der Waals surface area contributed by atoms with Crippen molar-refractivity contribution in [1.82, 2.24) is 0 Å². The first-order valence-corrected chi connectivity index (χ1v) is 6.78. The molecule has 0 unspecified atom stereocenters. The maximum absolute atomic E-state index is 13.2. The van der Waals surface area contributed by atoms with Crippen LogP contribution < -0.4 is 5.73 Å². The Hall–Kier alpha value is -1.29. The Bertz CT molecular complexity index is 445. The molecule has 19 heavy (non-hydrogen) atoms. The molecule has 104 valence electrons. The van der Waals surface area contributed by atoms with E-state index in [0.29, 0.717) is 12.8 Å². The standard InChI is InChI=1S/C15H19F2NO/c16-12-7-11(8-13(17)9-12)14(19)15(10-18)5-3-1-2-4-6-15/h7-9H,1-6,10,18H2. The van der Waals surface area contributed by atoms with Crippen LogP contribution in [0.4, 0.5) is 8.78 Å². The largest absolute Gasteiger partial charge is 0.329 e. The van der Waals surface area contributed by atoms with Gasteiger partial charge in [0.2, 0.25) is 0 Å². The molecule has 0 aliphatic heterocycles. The lowest BCUT2D eigenvalue weighted by atomic mass is 9.74. The van der Waals surface area contributed by atoms with Crippen LogP contribution in [0, 0.1) is 17.0 Å². The molecule has 2 nitrogen and oxygen atoms in total. The van der Waals surface area contributed by atoms with Crippen LogP contribution in [-0.4, -0.2) is 12.3 Å². The highest BCUT2D eigenvalue weighted by Crippen LogP contribution is 2.37. The second-order valence-corrected chi connectivity index (χ2v) is 5.39. The molecule has 1 aliphatic carbocycles. The van der Waals surface area contributed by atoms with Gasteiger partial charge in [-0.2, -0.15) is 0 Å². The Balaban J connectivity index is 2.33. The van der Waals surface area contributed by atoms with Crippen molar-refractivity contribution in [2.45, 2.75) is 38.5 Å². The highest BCUT2D eigenvalue weighted by Gasteiger charge is 2.37. The van der Waals surface area contributed by atoms with Crippen molar-refractivity contribution < 1.29 is 13.6 Å². The summed E-state index contributed by atoms with van der Waals surface area (Å²) in [6, 6.07) is 2.99. The number of carbonyl (C=O) groups excluding carboxylic acids is 1. The van der Waals surface area contributed by atoms with Crippen molar-refractivity contribution in [1.29, 1.82) is 0 Å². The Morgan fingerprint density at radius 1 is 1.05 bits per heavy atom. The molecular formula is C15H19F2NO. The summed E-state index contributed by atoms with van der Waals surface area (Å²) in [5.74, 6) is -1.65. The number of hydrogen-bond donors (Lipinski definition) is 1. The minimum absolute atomic E-state index is 0.102. The summed E-state index contributed by atoms with van der Waals surface area (Å²) in [5.41, 5.74) is 5.27. The fourth-order valence-electron chi connectivity index (χ4n) is 2.92. The van der Waals surface area contributed by atoms with Gasteiger partial charge in [0.05, 0.1) is 0 Å². The minimum Gasteiger partial charge on any atom is -0.329 e. The first-order valence-electron chi connectivity index (χ1n) is 6.78. The fourth-order valence-corrected chi connectivity index (χ4v) is 2.92. The lowest BCUT2D eigenvalue weighted by molar-refractivity contribution is 0.0773. The van der Waals surface area contributed by atoms with E-state index < -0.39 is 17.0 Å². The van der Waals surface area contributed by atoms with Crippen LogP contribution >= 0.6 is 0 Å². The zero-order valence-corrected chi connectivity index (χ0v) is 10.9. The molecule has 1 saturated carbocycles. The lowest BCUT2D eigenvalue weighted by Gasteiger charge is -2.29. The number of rotatable bonds is 3. The quantitative estimate of drug-likeness (QED) is 0.673. The molecule has 0 saturated heterocycles. The van der Waals surface area contributed by atoms with E-state index in [1.54, 1.807) is 0 Å². The molecule has 1 fully saturated rings. The van der Waals surface area contributed by atoms with Crippen molar-refractivity contribution in [2.75, 3.05) is 6.54 Å². The van der Waals surface area contributed by atoms with E-state index in [-0.39, 0.29) is 17.9 Å². The van der Waals surface area contributed by atoms with Gasteiger partial charge in [-0.15, -0.1) is 0 Å². The van der Waals surface area contributed by atoms with Gasteiger partial charge in [0.25, 0.3) is 0 Å². The molecule has 1 aliphatic rings. The smallest absolute Gasteiger partial charge is 0.170 e. The SMILES string of the molecule is NCC1(C(=O)c2cc(F)cc(F)c2)CCCCCC1. The van der Waals surface area contributed by atoms with Gasteiger partial charge in [-0.1, -0.05) is 25.7 Å². The topological polar surface area (TPSA) is 43.1 Å². The Labute approximate surface area is 112 Å². The number of hydrogen-bond acceptors (Lipinski definition) is 2. The van der Waals surface area contributed by atoms with E-state index in [2.05, 4.69) is 0 Å². The number of nitrogens with two attached hydrogens (primary N) is 1. The van der Waals surface area contributed by atoms with Crippen molar-refractivity contribution in [3.63, 3.8) is 0 Å². The second-order valence-electron chi connectivity index (χ2n) is 5.39. The number of Topliss-reactive ketones (excluding diaryl/α,β-unsaturated/α-hetero) is 1. The molecule has 0 atom stereocenters. The zero-order valence-electron chi connectivity index (χ0n) is 10.9. The normalized spacial score (nSPS) is 18.9. The average Bonchev–Trinajstić information content (AvgIpc) is 2.63. The van der Waals surface area contributed by atoms with Gasteiger partial charge in [-0.25, -0.2) is 8.78 Å². The van der Waals surface area contributed by atoms with Crippen molar-refractivity contribution in [3.8, 4) is 0 Å². The summed E-state index contributed by atoms with van der Waals surface area (Å²) >= 11 is 0. The van der Waals surface area contributed by atoms with E-state index >= 15 is 0 Å². The average molecular weight is 267 g/mol. The van der Waals surface area contributed by atoms with Gasteiger partial charge >= 0.3 is 0 Å². The van der Waals surface area contributed by atoms with E-state index in [0.717, 1.165) is 43.9 Å². The summed E-state index contributed by atoms with van der Waals surface area (Å²) in [4.78, 5) is 12.6. The van der Waals surface area contributed by atoms with Crippen LogP contribution in [0.15, 0.2) is 18.2 Å². The highest BCUT2D eigenvalue weighted by atomic mass is 19.1. The molecule has 2 rings (SSSR count). The van der Waals surface area contributed by atoms with E-state index in [1.165, 1.54) is 0 Å². The summed E-state index contributed by atoms with van der Waals surface area (Å²) in [6.07, 6.45) is 5.49. The summed E-state index contributed by atoms with van der Waals surface area (Å²) in [6.45, 7) is 0.240. The summed E-state index contributed by atoms with van der Waals surface area (Å²) < 4.78 is 26.5. The molecule has 0 bridgehead atoms. The van der Waals surface area contributed by atoms with Crippen molar-refractivity contribution >= 4 is 5.78 Å². The van der Waals surface area contributed by atoms with E-state index in [9.17, 15) is 13.6 Å². The molecule has 0 spiro atoms. The molecule has 0 amide bonds. The Morgan fingerprint density at radius 2 is 1.58 bits per heavy atom. The maximum atomic E-state index is 13.2. The molecule has 1 aromatic rings. The number of ketones is 1. The van der Waals surface area contributed by atoms with Crippen LogP contribution in [-0.2, 0) is 0 Å². The van der Waals surface area contributed by atoms with Crippen LogP contribution in [0.25, 0.3) is 0 Å². The van der Waals surface area contributed by atoms with Gasteiger partial charge in [-0.05, 0) is 25.0 Å². The number of carbonyl (C=O) groups is 1. The maximum Gasteiger partial charge on any atom is 0.170 e. The minimum atomic E-state index is -0.718. The summed E-state index contributed by atoms with van der Waals surface area (Å²) in [7, 11) is 0. The monoisotopic (exact) mass is 267 g/mol. The fraction of sp³-hybridized carbons (Fsp3) is 0.533. The van der Waals surface area contributed by atoms with E-state index in [4.69, 9.17) is 5.73 Å². The highest BCUT2D eigenvalue weighted by molar-refractivity contribution is 6.00. The zero-order chi connectivity index (χ0) is 13.9.